The molecule has 150 valence electrons. The van der Waals surface area contributed by atoms with E-state index in [-0.39, 0.29) is 5.91 Å². The first-order valence-corrected chi connectivity index (χ1v) is 11.9. The van der Waals surface area contributed by atoms with Crippen LogP contribution in [0.25, 0.3) is 10.8 Å². The molecule has 29 heavy (non-hydrogen) atoms. The van der Waals surface area contributed by atoms with Crippen molar-refractivity contribution in [1.82, 2.24) is 15.1 Å². The Balaban J connectivity index is 1.21. The lowest BCUT2D eigenvalue weighted by Gasteiger charge is -2.28. The zero-order valence-electron chi connectivity index (χ0n) is 16.4. The van der Waals surface area contributed by atoms with E-state index in [9.17, 15) is 4.79 Å². The van der Waals surface area contributed by atoms with E-state index in [0.717, 1.165) is 36.6 Å². The van der Waals surface area contributed by atoms with E-state index in [1.165, 1.54) is 39.8 Å². The van der Waals surface area contributed by atoms with Crippen molar-refractivity contribution in [1.29, 1.82) is 0 Å². The lowest BCUT2D eigenvalue weighted by molar-refractivity contribution is -0.129. The smallest absolute Gasteiger partial charge is 0.277 e. The highest BCUT2D eigenvalue weighted by atomic mass is 32.2. The molecule has 2 aliphatic rings. The van der Waals surface area contributed by atoms with Crippen LogP contribution in [0.2, 0.25) is 0 Å². The zero-order valence-corrected chi connectivity index (χ0v) is 18.0. The molecule has 0 fully saturated rings. The molecule has 1 aromatic carbocycles. The first-order valence-electron chi connectivity index (χ1n) is 10.1. The van der Waals surface area contributed by atoms with Gasteiger partial charge in [0.2, 0.25) is 5.91 Å². The molecule has 1 aliphatic heterocycles. The summed E-state index contributed by atoms with van der Waals surface area (Å²) in [7, 11) is 0. The third-order valence-corrected chi connectivity index (χ3v) is 7.78. The summed E-state index contributed by atoms with van der Waals surface area (Å²) in [5.41, 5.74) is 4.02. The molecule has 7 heteroatoms. The molecule has 0 unspecified atom stereocenters. The van der Waals surface area contributed by atoms with Gasteiger partial charge < -0.3 is 9.32 Å². The molecular weight excluding hydrogens is 402 g/mol. The fraction of sp³-hybridized carbons (Fsp3) is 0.409. The van der Waals surface area contributed by atoms with Crippen molar-refractivity contribution in [2.45, 2.75) is 44.4 Å². The van der Waals surface area contributed by atoms with Crippen molar-refractivity contribution in [3.05, 3.63) is 51.9 Å². The topological polar surface area (TPSA) is 59.2 Å². The molecule has 0 spiro atoms. The second-order valence-corrected chi connectivity index (χ2v) is 9.97. The van der Waals surface area contributed by atoms with Crippen molar-refractivity contribution >= 4 is 29.0 Å². The standard InChI is InChI=1S/C22H23N3O2S2/c1-14-6-7-18-17(10-14)11-19(29-18)21-23-24-22(27-21)28-13-20(26)25-9-8-15-4-2-3-5-16(15)12-25/h2-5,11,14H,6-10,12-13H2,1H3/t14-/m1/s1. The first kappa shape index (κ1) is 18.9. The highest BCUT2D eigenvalue weighted by molar-refractivity contribution is 7.99. The first-order chi connectivity index (χ1) is 14.2. The Labute approximate surface area is 178 Å². The van der Waals surface area contributed by atoms with Crippen LogP contribution >= 0.6 is 23.1 Å². The number of carbonyl (C=O) groups is 1. The minimum absolute atomic E-state index is 0.116. The second kappa shape index (κ2) is 7.95. The molecule has 0 saturated heterocycles. The Hall–Kier alpha value is -2.12. The molecule has 2 aromatic heterocycles. The molecule has 0 saturated carbocycles. The van der Waals surface area contributed by atoms with Gasteiger partial charge in [0.1, 0.15) is 0 Å². The van der Waals surface area contributed by atoms with Crippen LogP contribution in [-0.4, -0.2) is 33.3 Å². The summed E-state index contributed by atoms with van der Waals surface area (Å²) in [6, 6.07) is 10.5. The van der Waals surface area contributed by atoms with E-state index in [1.807, 2.05) is 11.0 Å². The minimum Gasteiger partial charge on any atom is -0.410 e. The molecule has 1 aliphatic carbocycles. The van der Waals surface area contributed by atoms with E-state index in [4.69, 9.17) is 4.42 Å². The number of aromatic nitrogens is 2. The molecule has 1 atom stereocenters. The van der Waals surface area contributed by atoms with Crippen LogP contribution in [0.5, 0.6) is 0 Å². The van der Waals surface area contributed by atoms with Crippen LogP contribution in [0.15, 0.2) is 40.0 Å². The van der Waals surface area contributed by atoms with E-state index in [0.29, 0.717) is 23.4 Å². The Morgan fingerprint density at radius 2 is 2.10 bits per heavy atom. The van der Waals surface area contributed by atoms with Gasteiger partial charge in [0.15, 0.2) is 0 Å². The Morgan fingerprint density at radius 3 is 3.00 bits per heavy atom. The van der Waals surface area contributed by atoms with E-state index in [2.05, 4.69) is 41.4 Å². The predicted molar refractivity (Wildman–Crippen MR) is 115 cm³/mol. The SMILES string of the molecule is C[C@@H]1CCc2sc(-c3nnc(SCC(=O)N4CCc5ccccc5C4)o3)cc2C1. The fourth-order valence-electron chi connectivity index (χ4n) is 4.10. The number of nitrogens with zero attached hydrogens (tertiary/aromatic N) is 3. The van der Waals surface area contributed by atoms with Gasteiger partial charge in [-0.2, -0.15) is 0 Å². The second-order valence-electron chi connectivity index (χ2n) is 7.90. The summed E-state index contributed by atoms with van der Waals surface area (Å²) in [6.07, 6.45) is 4.44. The monoisotopic (exact) mass is 425 g/mol. The lowest BCUT2D eigenvalue weighted by Crippen LogP contribution is -2.37. The van der Waals surface area contributed by atoms with Crippen molar-refractivity contribution < 1.29 is 9.21 Å². The summed E-state index contributed by atoms with van der Waals surface area (Å²) in [4.78, 5) is 17.1. The van der Waals surface area contributed by atoms with Gasteiger partial charge in [0, 0.05) is 18.0 Å². The highest BCUT2D eigenvalue weighted by Crippen LogP contribution is 2.37. The summed E-state index contributed by atoms with van der Waals surface area (Å²) in [6.45, 7) is 3.76. The maximum atomic E-state index is 12.6. The molecule has 5 rings (SSSR count). The molecule has 3 aromatic rings. The number of carbonyl (C=O) groups excluding carboxylic acids is 1. The number of aryl methyl sites for hydroxylation is 1. The van der Waals surface area contributed by atoms with Gasteiger partial charge in [-0.1, -0.05) is 43.0 Å². The Kier molecular flexibility index (Phi) is 5.18. The van der Waals surface area contributed by atoms with Crippen LogP contribution in [0.3, 0.4) is 0 Å². The molecular formula is C22H23N3O2S2. The summed E-state index contributed by atoms with van der Waals surface area (Å²) in [5, 5.41) is 8.83. The summed E-state index contributed by atoms with van der Waals surface area (Å²) < 4.78 is 5.85. The number of hydrogen-bond acceptors (Lipinski definition) is 6. The molecule has 3 heterocycles. The third-order valence-electron chi connectivity index (χ3n) is 5.75. The van der Waals surface area contributed by atoms with E-state index < -0.39 is 0 Å². The molecule has 0 radical (unpaired) electrons. The predicted octanol–water partition coefficient (Wildman–Crippen LogP) is 4.60. The van der Waals surface area contributed by atoms with Crippen LogP contribution in [0, 0.1) is 5.92 Å². The number of fused-ring (bicyclic) bond motifs is 2. The van der Waals surface area contributed by atoms with Crippen molar-refractivity contribution in [3.63, 3.8) is 0 Å². The summed E-state index contributed by atoms with van der Waals surface area (Å²) in [5.74, 6) is 1.75. The average molecular weight is 426 g/mol. The number of rotatable bonds is 4. The van der Waals surface area contributed by atoms with Gasteiger partial charge in [-0.25, -0.2) is 0 Å². The van der Waals surface area contributed by atoms with Crippen molar-refractivity contribution in [3.8, 4) is 10.8 Å². The number of thiophene rings is 1. The van der Waals surface area contributed by atoms with Gasteiger partial charge >= 0.3 is 0 Å². The van der Waals surface area contributed by atoms with Gasteiger partial charge in [0.05, 0.1) is 10.6 Å². The fourth-order valence-corrected chi connectivity index (χ4v) is 5.90. The van der Waals surface area contributed by atoms with Crippen LogP contribution < -0.4 is 0 Å². The van der Waals surface area contributed by atoms with E-state index in [1.54, 1.807) is 11.3 Å². The average Bonchev–Trinajstić information content (AvgIpc) is 3.38. The van der Waals surface area contributed by atoms with E-state index >= 15 is 0 Å². The normalized spacial score (nSPS) is 18.4. The van der Waals surface area contributed by atoms with Gasteiger partial charge in [-0.05, 0) is 54.4 Å². The Bertz CT molecular complexity index is 1040. The number of amides is 1. The molecule has 1 amide bonds. The highest BCUT2D eigenvalue weighted by Gasteiger charge is 2.23. The van der Waals surface area contributed by atoms with Gasteiger partial charge in [0.25, 0.3) is 11.1 Å². The van der Waals surface area contributed by atoms with Crippen LogP contribution in [0.4, 0.5) is 0 Å². The Morgan fingerprint density at radius 1 is 1.24 bits per heavy atom. The van der Waals surface area contributed by atoms with Crippen LogP contribution in [0.1, 0.15) is 34.9 Å². The molecule has 0 N–H and O–H groups in total. The summed E-state index contributed by atoms with van der Waals surface area (Å²) >= 11 is 3.09. The third kappa shape index (κ3) is 3.98. The lowest BCUT2D eigenvalue weighted by atomic mass is 9.90. The molecule has 0 bridgehead atoms. The van der Waals surface area contributed by atoms with Crippen LogP contribution in [-0.2, 0) is 30.6 Å². The largest absolute Gasteiger partial charge is 0.410 e. The number of hydrogen-bond donors (Lipinski definition) is 0. The number of benzene rings is 1. The minimum atomic E-state index is 0.116. The maximum absolute atomic E-state index is 12.6. The zero-order chi connectivity index (χ0) is 19.8. The van der Waals surface area contributed by atoms with Crippen molar-refractivity contribution in [2.24, 2.45) is 5.92 Å². The number of thioether (sulfide) groups is 1. The van der Waals surface area contributed by atoms with Gasteiger partial charge in [-0.15, -0.1) is 21.5 Å². The quantitative estimate of drug-likeness (QED) is 0.572. The molecule has 5 nitrogen and oxygen atoms in total. The van der Waals surface area contributed by atoms with Gasteiger partial charge in [-0.3, -0.25) is 4.79 Å². The van der Waals surface area contributed by atoms with Crippen molar-refractivity contribution in [2.75, 3.05) is 12.3 Å². The maximum Gasteiger partial charge on any atom is 0.277 e.